The number of ether oxygens (including phenoxy) is 2. The highest BCUT2D eigenvalue weighted by molar-refractivity contribution is 6.15. The molecule has 1 aromatic heterocycles. The van der Waals surface area contributed by atoms with Gasteiger partial charge in [-0.15, -0.1) is 0 Å². The van der Waals surface area contributed by atoms with Crippen LogP contribution in [0, 0.1) is 0 Å². The van der Waals surface area contributed by atoms with Crippen molar-refractivity contribution in [2.24, 2.45) is 0 Å². The molecule has 1 atom stereocenters. The van der Waals surface area contributed by atoms with E-state index in [4.69, 9.17) is 14.6 Å². The molecule has 0 saturated carbocycles. The van der Waals surface area contributed by atoms with Gasteiger partial charge in [-0.05, 0) is 48.0 Å². The molecule has 0 unspecified atom stereocenters. The Kier molecular flexibility index (Phi) is 5.17. The Bertz CT molecular complexity index is 1330. The molecule has 156 valence electrons. The Labute approximate surface area is 177 Å². The van der Waals surface area contributed by atoms with Crippen molar-refractivity contribution >= 4 is 33.6 Å². The van der Waals surface area contributed by atoms with Gasteiger partial charge in [0.2, 0.25) is 0 Å². The molecular formula is C24H19NO6. The van der Waals surface area contributed by atoms with Gasteiger partial charge in [-0.1, -0.05) is 30.3 Å². The number of methoxy groups -OCH3 is 1. The van der Waals surface area contributed by atoms with E-state index in [1.807, 2.05) is 30.3 Å². The third kappa shape index (κ3) is 3.73. The van der Waals surface area contributed by atoms with E-state index in [9.17, 15) is 14.7 Å². The second-order valence-corrected chi connectivity index (χ2v) is 7.00. The SMILES string of the molecule is COc1cc(-c2cc(C(=O)O)c3c(ccc4ccccc43)n2)ccc1O[C@@H](C)C(=O)O. The zero-order chi connectivity index (χ0) is 22.1. The number of carboxylic acids is 2. The molecule has 0 radical (unpaired) electrons. The van der Waals surface area contributed by atoms with Crippen LogP contribution in [0.2, 0.25) is 0 Å². The average Bonchev–Trinajstić information content (AvgIpc) is 2.78. The second kappa shape index (κ2) is 7.95. The van der Waals surface area contributed by atoms with Crippen LogP contribution in [-0.2, 0) is 4.79 Å². The highest BCUT2D eigenvalue weighted by Crippen LogP contribution is 2.35. The summed E-state index contributed by atoms with van der Waals surface area (Å²) < 4.78 is 10.8. The van der Waals surface area contributed by atoms with Crippen LogP contribution in [0.15, 0.2) is 60.7 Å². The first-order valence-corrected chi connectivity index (χ1v) is 9.52. The highest BCUT2D eigenvalue weighted by Gasteiger charge is 2.18. The van der Waals surface area contributed by atoms with Crippen molar-refractivity contribution in [3.05, 3.63) is 66.2 Å². The van der Waals surface area contributed by atoms with Gasteiger partial charge in [0, 0.05) is 10.9 Å². The Morgan fingerprint density at radius 3 is 2.45 bits per heavy atom. The Morgan fingerprint density at radius 2 is 1.74 bits per heavy atom. The van der Waals surface area contributed by atoms with E-state index in [0.717, 1.165) is 10.8 Å². The summed E-state index contributed by atoms with van der Waals surface area (Å²) in [6.45, 7) is 1.42. The maximum Gasteiger partial charge on any atom is 0.344 e. The molecule has 7 nitrogen and oxygen atoms in total. The highest BCUT2D eigenvalue weighted by atomic mass is 16.5. The fourth-order valence-corrected chi connectivity index (χ4v) is 3.49. The summed E-state index contributed by atoms with van der Waals surface area (Å²) in [5.41, 5.74) is 1.78. The van der Waals surface area contributed by atoms with Gasteiger partial charge in [0.15, 0.2) is 17.6 Å². The number of aromatic carboxylic acids is 1. The van der Waals surface area contributed by atoms with Crippen molar-refractivity contribution < 1.29 is 29.3 Å². The van der Waals surface area contributed by atoms with Crippen LogP contribution < -0.4 is 9.47 Å². The number of nitrogens with zero attached hydrogens (tertiary/aromatic N) is 1. The van der Waals surface area contributed by atoms with Crippen molar-refractivity contribution in [3.8, 4) is 22.8 Å². The Balaban J connectivity index is 1.87. The normalized spacial score (nSPS) is 11.9. The first kappa shape index (κ1) is 20.2. The fourth-order valence-electron chi connectivity index (χ4n) is 3.49. The van der Waals surface area contributed by atoms with Crippen LogP contribution in [0.1, 0.15) is 17.3 Å². The lowest BCUT2D eigenvalue weighted by atomic mass is 9.98. The molecule has 0 bridgehead atoms. The number of hydrogen-bond donors (Lipinski definition) is 2. The number of aromatic nitrogens is 1. The Morgan fingerprint density at radius 1 is 0.968 bits per heavy atom. The summed E-state index contributed by atoms with van der Waals surface area (Å²) in [6.07, 6.45) is -1.05. The molecule has 4 rings (SSSR count). The largest absolute Gasteiger partial charge is 0.493 e. The van der Waals surface area contributed by atoms with Crippen LogP contribution in [0.5, 0.6) is 11.5 Å². The molecule has 31 heavy (non-hydrogen) atoms. The lowest BCUT2D eigenvalue weighted by Crippen LogP contribution is -2.23. The Hall–Kier alpha value is -4.13. The predicted octanol–water partition coefficient (Wildman–Crippen LogP) is 4.61. The van der Waals surface area contributed by atoms with Gasteiger partial charge in [0.25, 0.3) is 0 Å². The predicted molar refractivity (Wildman–Crippen MR) is 116 cm³/mol. The molecule has 0 aliphatic heterocycles. The van der Waals surface area contributed by atoms with Gasteiger partial charge in [-0.3, -0.25) is 0 Å². The van der Waals surface area contributed by atoms with E-state index in [1.165, 1.54) is 20.1 Å². The van der Waals surface area contributed by atoms with Crippen molar-refractivity contribution in [3.63, 3.8) is 0 Å². The molecule has 1 heterocycles. The van der Waals surface area contributed by atoms with Crippen molar-refractivity contribution in [2.75, 3.05) is 7.11 Å². The number of fused-ring (bicyclic) bond motifs is 3. The van der Waals surface area contributed by atoms with Crippen molar-refractivity contribution in [1.82, 2.24) is 4.98 Å². The molecule has 0 amide bonds. The van der Waals surface area contributed by atoms with Gasteiger partial charge >= 0.3 is 11.9 Å². The summed E-state index contributed by atoms with van der Waals surface area (Å²) in [4.78, 5) is 27.8. The van der Waals surface area contributed by atoms with E-state index < -0.39 is 18.0 Å². The first-order chi connectivity index (χ1) is 14.9. The van der Waals surface area contributed by atoms with E-state index in [1.54, 1.807) is 24.3 Å². The monoisotopic (exact) mass is 417 g/mol. The summed E-state index contributed by atoms with van der Waals surface area (Å²) in [6, 6.07) is 17.7. The van der Waals surface area contributed by atoms with Crippen LogP contribution in [-0.4, -0.2) is 40.3 Å². The summed E-state index contributed by atoms with van der Waals surface area (Å²) in [5.74, 6) is -1.55. The zero-order valence-electron chi connectivity index (χ0n) is 16.8. The fraction of sp³-hybridized carbons (Fsp3) is 0.125. The van der Waals surface area contributed by atoms with Gasteiger partial charge < -0.3 is 19.7 Å². The molecule has 0 saturated heterocycles. The quantitative estimate of drug-likeness (QED) is 0.441. The summed E-state index contributed by atoms with van der Waals surface area (Å²) >= 11 is 0. The number of carbonyl (C=O) groups is 2. The standard InChI is InChI=1S/C24H19NO6/c1-13(23(26)27)31-20-10-8-15(11-21(20)30-2)19-12-17(24(28)29)22-16-6-4-3-5-14(16)7-9-18(22)25-19/h3-13H,1-2H3,(H,26,27)(H,28,29)/t13-/m0/s1. The summed E-state index contributed by atoms with van der Waals surface area (Å²) in [5, 5.41) is 21.3. The lowest BCUT2D eigenvalue weighted by Gasteiger charge is -2.15. The van der Waals surface area contributed by atoms with Crippen LogP contribution in [0.4, 0.5) is 0 Å². The molecule has 7 heteroatoms. The van der Waals surface area contributed by atoms with Crippen LogP contribution in [0.25, 0.3) is 32.9 Å². The smallest absolute Gasteiger partial charge is 0.344 e. The van der Waals surface area contributed by atoms with Crippen molar-refractivity contribution in [2.45, 2.75) is 13.0 Å². The second-order valence-electron chi connectivity index (χ2n) is 7.00. The molecule has 0 spiro atoms. The van der Waals surface area contributed by atoms with Gasteiger partial charge in [-0.25, -0.2) is 14.6 Å². The van der Waals surface area contributed by atoms with Crippen molar-refractivity contribution in [1.29, 1.82) is 0 Å². The van der Waals surface area contributed by atoms with Gasteiger partial charge in [0.1, 0.15) is 0 Å². The zero-order valence-corrected chi connectivity index (χ0v) is 16.8. The molecule has 3 aromatic carbocycles. The number of benzene rings is 3. The molecule has 0 aliphatic rings. The van der Waals surface area contributed by atoms with E-state index >= 15 is 0 Å². The number of rotatable bonds is 6. The van der Waals surface area contributed by atoms with Crippen LogP contribution >= 0.6 is 0 Å². The number of pyridine rings is 1. The van der Waals surface area contributed by atoms with E-state index in [-0.39, 0.29) is 11.3 Å². The minimum absolute atomic E-state index is 0.149. The topological polar surface area (TPSA) is 106 Å². The number of hydrogen-bond acceptors (Lipinski definition) is 5. The molecular weight excluding hydrogens is 398 g/mol. The maximum atomic E-state index is 12.1. The third-order valence-corrected chi connectivity index (χ3v) is 5.04. The molecule has 4 aromatic rings. The first-order valence-electron chi connectivity index (χ1n) is 9.52. The number of carboxylic acid groups (broad SMARTS) is 2. The van der Waals surface area contributed by atoms with Gasteiger partial charge in [-0.2, -0.15) is 0 Å². The minimum atomic E-state index is -1.10. The third-order valence-electron chi connectivity index (χ3n) is 5.04. The van der Waals surface area contributed by atoms with Gasteiger partial charge in [0.05, 0.1) is 23.9 Å². The van der Waals surface area contributed by atoms with E-state index in [2.05, 4.69) is 4.98 Å². The maximum absolute atomic E-state index is 12.1. The van der Waals surface area contributed by atoms with E-state index in [0.29, 0.717) is 27.9 Å². The average molecular weight is 417 g/mol. The molecule has 0 aliphatic carbocycles. The molecule has 2 N–H and O–H groups in total. The number of aliphatic carboxylic acids is 1. The van der Waals surface area contributed by atoms with Crippen LogP contribution in [0.3, 0.4) is 0 Å². The summed E-state index contributed by atoms with van der Waals surface area (Å²) in [7, 11) is 1.44. The molecule has 0 fully saturated rings. The minimum Gasteiger partial charge on any atom is -0.493 e. The lowest BCUT2D eigenvalue weighted by molar-refractivity contribution is -0.144.